The van der Waals surface area contributed by atoms with Gasteiger partial charge >= 0.3 is 0 Å². The van der Waals surface area contributed by atoms with Crippen LogP contribution in [0.4, 0.5) is 0 Å². The molecular formula is C15H21NO. The van der Waals surface area contributed by atoms with E-state index in [4.69, 9.17) is 0 Å². The van der Waals surface area contributed by atoms with Gasteiger partial charge in [0, 0.05) is 19.6 Å². The lowest BCUT2D eigenvalue weighted by Gasteiger charge is -2.45. The first-order valence-electron chi connectivity index (χ1n) is 6.77. The zero-order valence-electron chi connectivity index (χ0n) is 10.3. The lowest BCUT2D eigenvalue weighted by molar-refractivity contribution is -0.0517. The van der Waals surface area contributed by atoms with Gasteiger partial charge in [0.1, 0.15) is 0 Å². The van der Waals surface area contributed by atoms with Crippen molar-refractivity contribution in [3.8, 4) is 0 Å². The van der Waals surface area contributed by atoms with Crippen molar-refractivity contribution in [2.45, 2.75) is 31.9 Å². The first-order chi connectivity index (χ1) is 8.33. The Morgan fingerprint density at radius 3 is 2.35 bits per heavy atom. The fraction of sp³-hybridized carbons (Fsp3) is 0.600. The molecule has 2 bridgehead atoms. The van der Waals surface area contributed by atoms with Crippen LogP contribution in [-0.4, -0.2) is 29.2 Å². The van der Waals surface area contributed by atoms with Crippen molar-refractivity contribution in [3.05, 3.63) is 35.9 Å². The molecule has 2 aliphatic rings. The third-order valence-corrected chi connectivity index (χ3v) is 4.35. The molecule has 1 N–H and O–H groups in total. The molecule has 92 valence electrons. The molecule has 1 aliphatic carbocycles. The van der Waals surface area contributed by atoms with Gasteiger partial charge in [0.2, 0.25) is 0 Å². The third kappa shape index (κ3) is 2.38. The van der Waals surface area contributed by atoms with Crippen molar-refractivity contribution in [1.82, 2.24) is 4.90 Å². The number of benzene rings is 1. The van der Waals surface area contributed by atoms with E-state index in [1.54, 1.807) is 0 Å². The molecule has 1 aromatic rings. The van der Waals surface area contributed by atoms with Crippen LogP contribution in [0, 0.1) is 11.8 Å². The van der Waals surface area contributed by atoms with Crippen molar-refractivity contribution in [2.24, 2.45) is 11.8 Å². The molecule has 2 fully saturated rings. The zero-order chi connectivity index (χ0) is 11.7. The van der Waals surface area contributed by atoms with Crippen LogP contribution in [-0.2, 0) is 6.54 Å². The predicted octanol–water partition coefficient (Wildman–Crippen LogP) is 2.28. The molecule has 0 spiro atoms. The van der Waals surface area contributed by atoms with Crippen LogP contribution in [0.3, 0.4) is 0 Å². The Morgan fingerprint density at radius 1 is 1.06 bits per heavy atom. The molecule has 2 nitrogen and oxygen atoms in total. The number of aliphatic hydroxyl groups excluding tert-OH is 1. The number of nitrogens with zero attached hydrogens (tertiary/aromatic N) is 1. The zero-order valence-corrected chi connectivity index (χ0v) is 10.3. The summed E-state index contributed by atoms with van der Waals surface area (Å²) in [4.78, 5) is 2.52. The molecule has 3 rings (SSSR count). The molecule has 1 saturated heterocycles. The van der Waals surface area contributed by atoms with E-state index in [0.29, 0.717) is 11.8 Å². The van der Waals surface area contributed by atoms with Gasteiger partial charge in [0.05, 0.1) is 6.10 Å². The molecule has 17 heavy (non-hydrogen) atoms. The molecule has 0 radical (unpaired) electrons. The first-order valence-corrected chi connectivity index (χ1v) is 6.77. The summed E-state index contributed by atoms with van der Waals surface area (Å²) in [6, 6.07) is 10.7. The Balaban J connectivity index is 1.66. The molecule has 1 aromatic carbocycles. The lowest BCUT2D eigenvalue weighted by Crippen LogP contribution is -2.51. The summed E-state index contributed by atoms with van der Waals surface area (Å²) < 4.78 is 0. The summed E-state index contributed by atoms with van der Waals surface area (Å²) in [5.74, 6) is 1.04. The SMILES string of the molecule is OC1[C@@H]2CCC[C@@H]1CN(Cc1ccccc1)C2. The van der Waals surface area contributed by atoms with Gasteiger partial charge in [-0.2, -0.15) is 0 Å². The smallest absolute Gasteiger partial charge is 0.0620 e. The summed E-state index contributed by atoms with van der Waals surface area (Å²) in [6.45, 7) is 3.19. The number of hydrogen-bond acceptors (Lipinski definition) is 2. The first kappa shape index (κ1) is 11.2. The van der Waals surface area contributed by atoms with Crippen molar-refractivity contribution in [3.63, 3.8) is 0 Å². The highest BCUT2D eigenvalue weighted by atomic mass is 16.3. The van der Waals surface area contributed by atoms with Crippen LogP contribution in [0.25, 0.3) is 0 Å². The summed E-state index contributed by atoms with van der Waals surface area (Å²) in [5, 5.41) is 10.1. The maximum absolute atomic E-state index is 10.1. The van der Waals surface area contributed by atoms with E-state index in [1.807, 2.05) is 0 Å². The molecule has 0 aromatic heterocycles. The summed E-state index contributed by atoms with van der Waals surface area (Å²) in [5.41, 5.74) is 1.39. The largest absolute Gasteiger partial charge is 0.392 e. The Morgan fingerprint density at radius 2 is 1.71 bits per heavy atom. The maximum atomic E-state index is 10.1. The van der Waals surface area contributed by atoms with Crippen LogP contribution < -0.4 is 0 Å². The number of hydrogen-bond donors (Lipinski definition) is 1. The van der Waals surface area contributed by atoms with Crippen LogP contribution >= 0.6 is 0 Å². The van der Waals surface area contributed by atoms with Gasteiger partial charge in [0.15, 0.2) is 0 Å². The van der Waals surface area contributed by atoms with Crippen molar-refractivity contribution >= 4 is 0 Å². The van der Waals surface area contributed by atoms with Crippen molar-refractivity contribution in [1.29, 1.82) is 0 Å². The van der Waals surface area contributed by atoms with E-state index >= 15 is 0 Å². The summed E-state index contributed by atoms with van der Waals surface area (Å²) >= 11 is 0. The lowest BCUT2D eigenvalue weighted by atomic mass is 9.75. The van der Waals surface area contributed by atoms with Gasteiger partial charge < -0.3 is 5.11 Å². The predicted molar refractivity (Wildman–Crippen MR) is 68.6 cm³/mol. The van der Waals surface area contributed by atoms with E-state index in [9.17, 15) is 5.11 Å². The van der Waals surface area contributed by atoms with E-state index in [0.717, 1.165) is 19.6 Å². The van der Waals surface area contributed by atoms with Crippen LogP contribution in [0.2, 0.25) is 0 Å². The highest BCUT2D eigenvalue weighted by Gasteiger charge is 2.37. The summed E-state index contributed by atoms with van der Waals surface area (Å²) in [6.07, 6.45) is 3.70. The second-order valence-electron chi connectivity index (χ2n) is 5.62. The topological polar surface area (TPSA) is 23.5 Å². The number of piperidine rings is 1. The molecule has 1 heterocycles. The van der Waals surface area contributed by atoms with E-state index in [-0.39, 0.29) is 6.10 Å². The van der Waals surface area contributed by atoms with Gasteiger partial charge in [-0.05, 0) is 30.2 Å². The number of rotatable bonds is 2. The quantitative estimate of drug-likeness (QED) is 0.844. The monoisotopic (exact) mass is 231 g/mol. The Labute approximate surface area is 103 Å². The highest BCUT2D eigenvalue weighted by Crippen LogP contribution is 2.35. The summed E-state index contributed by atoms with van der Waals surface area (Å²) in [7, 11) is 0. The number of fused-ring (bicyclic) bond motifs is 2. The fourth-order valence-corrected chi connectivity index (χ4v) is 3.48. The average Bonchev–Trinajstić information content (AvgIpc) is 2.32. The van der Waals surface area contributed by atoms with E-state index in [1.165, 1.54) is 24.8 Å². The minimum Gasteiger partial charge on any atom is -0.392 e. The maximum Gasteiger partial charge on any atom is 0.0620 e. The molecule has 0 amide bonds. The molecule has 1 aliphatic heterocycles. The van der Waals surface area contributed by atoms with Crippen LogP contribution in [0.1, 0.15) is 24.8 Å². The van der Waals surface area contributed by atoms with Crippen molar-refractivity contribution in [2.75, 3.05) is 13.1 Å². The molecule has 1 saturated carbocycles. The number of likely N-dealkylation sites (tertiary alicyclic amines) is 1. The second kappa shape index (κ2) is 4.79. The Bertz CT molecular complexity index is 350. The molecule has 0 unspecified atom stereocenters. The normalized spacial score (nSPS) is 33.6. The Hall–Kier alpha value is -0.860. The molecular weight excluding hydrogens is 210 g/mol. The fourth-order valence-electron chi connectivity index (χ4n) is 3.48. The average molecular weight is 231 g/mol. The van der Waals surface area contributed by atoms with Gasteiger partial charge in [-0.15, -0.1) is 0 Å². The standard InChI is InChI=1S/C15H21NO/c17-15-13-7-4-8-14(15)11-16(10-13)9-12-5-2-1-3-6-12/h1-3,5-6,13-15,17H,4,7-11H2/t13-,14-/m1/s1. The van der Waals surface area contributed by atoms with Crippen LogP contribution in [0.15, 0.2) is 30.3 Å². The van der Waals surface area contributed by atoms with Crippen molar-refractivity contribution < 1.29 is 5.11 Å². The number of aliphatic hydroxyl groups is 1. The van der Waals surface area contributed by atoms with Gasteiger partial charge in [0.25, 0.3) is 0 Å². The van der Waals surface area contributed by atoms with E-state index < -0.39 is 0 Å². The minimum absolute atomic E-state index is 0.0317. The van der Waals surface area contributed by atoms with E-state index in [2.05, 4.69) is 35.2 Å². The second-order valence-corrected chi connectivity index (χ2v) is 5.62. The molecule has 2 heteroatoms. The van der Waals surface area contributed by atoms with Gasteiger partial charge in [-0.1, -0.05) is 36.8 Å². The van der Waals surface area contributed by atoms with Crippen LogP contribution in [0.5, 0.6) is 0 Å². The highest BCUT2D eigenvalue weighted by molar-refractivity contribution is 5.14. The third-order valence-electron chi connectivity index (χ3n) is 4.35. The van der Waals surface area contributed by atoms with Gasteiger partial charge in [-0.3, -0.25) is 4.90 Å². The Kier molecular flexibility index (Phi) is 3.17. The minimum atomic E-state index is -0.0317. The molecule has 2 atom stereocenters. The van der Waals surface area contributed by atoms with Gasteiger partial charge in [-0.25, -0.2) is 0 Å².